The van der Waals surface area contributed by atoms with Gasteiger partial charge >= 0.3 is 0 Å². The molecule has 1 heterocycles. The highest BCUT2D eigenvalue weighted by Gasteiger charge is 2.19. The van der Waals surface area contributed by atoms with Gasteiger partial charge in [0.25, 0.3) is 0 Å². The lowest BCUT2D eigenvalue weighted by Crippen LogP contribution is -2.27. The normalized spacial score (nSPS) is 13.6. The number of aryl methyl sites for hydroxylation is 2. The summed E-state index contributed by atoms with van der Waals surface area (Å²) in [7, 11) is -3.43. The predicted octanol–water partition coefficient (Wildman–Crippen LogP) is 3.91. The second-order valence-corrected chi connectivity index (χ2v) is 10.2. The van der Waals surface area contributed by atoms with Crippen molar-refractivity contribution in [3.8, 4) is 0 Å². The van der Waals surface area contributed by atoms with Crippen molar-refractivity contribution in [2.45, 2.75) is 37.0 Å². The van der Waals surface area contributed by atoms with Gasteiger partial charge in [0, 0.05) is 17.7 Å². The second-order valence-electron chi connectivity index (χ2n) is 7.21. The fourth-order valence-corrected chi connectivity index (χ4v) is 6.02. The summed E-state index contributed by atoms with van der Waals surface area (Å²) in [6, 6.07) is 13.6. The molecule has 1 aliphatic carbocycles. The van der Waals surface area contributed by atoms with Crippen LogP contribution in [-0.4, -0.2) is 26.6 Å². The third kappa shape index (κ3) is 4.13. The molecule has 4 nitrogen and oxygen atoms in total. The number of hydrogen-bond acceptors (Lipinski definition) is 4. The number of carbonyl (C=O) groups is 1. The summed E-state index contributed by atoms with van der Waals surface area (Å²) in [5.41, 5.74) is 3.60. The highest BCUT2D eigenvalue weighted by Crippen LogP contribution is 2.26. The number of fused-ring (bicyclic) bond motifs is 2. The van der Waals surface area contributed by atoms with Gasteiger partial charge < -0.3 is 5.32 Å². The molecule has 1 amide bonds. The summed E-state index contributed by atoms with van der Waals surface area (Å²) >= 11 is 1.70. The molecular formula is C22H23NO3S2. The number of sulfone groups is 1. The van der Waals surface area contributed by atoms with E-state index in [1.54, 1.807) is 23.5 Å². The van der Waals surface area contributed by atoms with Crippen LogP contribution in [0.1, 0.15) is 29.5 Å². The molecule has 4 rings (SSSR count). The Bertz CT molecular complexity index is 1120. The molecule has 1 aliphatic rings. The number of rotatable bonds is 7. The van der Waals surface area contributed by atoms with Gasteiger partial charge in [0.05, 0.1) is 10.6 Å². The Morgan fingerprint density at radius 1 is 1.07 bits per heavy atom. The molecule has 0 radical (unpaired) electrons. The Hall–Kier alpha value is -2.18. The number of carbonyl (C=O) groups excluding carboxylic acids is 1. The number of hydrogen-bond donors (Lipinski definition) is 1. The largest absolute Gasteiger partial charge is 0.356 e. The van der Waals surface area contributed by atoms with E-state index in [-0.39, 0.29) is 18.1 Å². The van der Waals surface area contributed by atoms with Crippen LogP contribution < -0.4 is 5.32 Å². The van der Waals surface area contributed by atoms with Crippen molar-refractivity contribution >= 4 is 37.2 Å². The van der Waals surface area contributed by atoms with Crippen molar-refractivity contribution in [1.29, 1.82) is 0 Å². The summed E-state index contributed by atoms with van der Waals surface area (Å²) in [6.07, 6.45) is 3.78. The van der Waals surface area contributed by atoms with Gasteiger partial charge in [-0.15, -0.1) is 11.3 Å². The van der Waals surface area contributed by atoms with Crippen LogP contribution in [0.2, 0.25) is 0 Å². The number of thiophene rings is 1. The summed E-state index contributed by atoms with van der Waals surface area (Å²) < 4.78 is 26.4. The summed E-state index contributed by atoms with van der Waals surface area (Å²) in [5, 5.41) is 6.20. The first-order chi connectivity index (χ1) is 13.5. The molecule has 0 saturated heterocycles. The average molecular weight is 414 g/mol. The minimum Gasteiger partial charge on any atom is -0.356 e. The van der Waals surface area contributed by atoms with Gasteiger partial charge in [0.15, 0.2) is 9.84 Å². The van der Waals surface area contributed by atoms with Gasteiger partial charge in [0.2, 0.25) is 5.91 Å². The zero-order valence-electron chi connectivity index (χ0n) is 15.6. The molecule has 2 aromatic carbocycles. The third-order valence-corrected chi connectivity index (χ3v) is 8.03. The van der Waals surface area contributed by atoms with E-state index in [0.29, 0.717) is 11.4 Å². The first-order valence-corrected chi connectivity index (χ1v) is 12.1. The molecule has 3 aromatic rings. The van der Waals surface area contributed by atoms with Crippen molar-refractivity contribution < 1.29 is 13.2 Å². The van der Waals surface area contributed by atoms with Gasteiger partial charge in [-0.1, -0.05) is 24.3 Å². The Balaban J connectivity index is 1.29. The molecule has 1 N–H and O–H groups in total. The van der Waals surface area contributed by atoms with Crippen LogP contribution in [0.25, 0.3) is 10.1 Å². The Morgan fingerprint density at radius 3 is 2.79 bits per heavy atom. The first kappa shape index (κ1) is 19.2. The van der Waals surface area contributed by atoms with Gasteiger partial charge in [-0.2, -0.15) is 0 Å². The summed E-state index contributed by atoms with van der Waals surface area (Å²) in [6.45, 7) is 0.512. The molecule has 28 heavy (non-hydrogen) atoms. The van der Waals surface area contributed by atoms with Crippen molar-refractivity contribution in [2.75, 3.05) is 12.3 Å². The average Bonchev–Trinajstić information content (AvgIpc) is 3.33. The van der Waals surface area contributed by atoms with Gasteiger partial charge in [-0.05, 0) is 71.3 Å². The van der Waals surface area contributed by atoms with Crippen LogP contribution in [-0.2, 0) is 33.9 Å². The SMILES string of the molecule is O=C(CCS(=O)(=O)c1ccc2c(c1)CCC2)NCCc1csc2ccccc12. The second kappa shape index (κ2) is 8.05. The summed E-state index contributed by atoms with van der Waals surface area (Å²) in [4.78, 5) is 12.5. The van der Waals surface area contributed by atoms with Gasteiger partial charge in [0.1, 0.15) is 0 Å². The van der Waals surface area contributed by atoms with Crippen LogP contribution in [0.4, 0.5) is 0 Å². The topological polar surface area (TPSA) is 63.2 Å². The van der Waals surface area contributed by atoms with E-state index in [4.69, 9.17) is 0 Å². The van der Waals surface area contributed by atoms with E-state index < -0.39 is 9.84 Å². The number of benzene rings is 2. The highest BCUT2D eigenvalue weighted by atomic mass is 32.2. The smallest absolute Gasteiger partial charge is 0.221 e. The van der Waals surface area contributed by atoms with E-state index in [2.05, 4.69) is 22.8 Å². The van der Waals surface area contributed by atoms with Crippen molar-refractivity contribution in [2.24, 2.45) is 0 Å². The lowest BCUT2D eigenvalue weighted by Gasteiger charge is -2.08. The van der Waals surface area contributed by atoms with Crippen molar-refractivity contribution in [3.63, 3.8) is 0 Å². The van der Waals surface area contributed by atoms with Gasteiger partial charge in [-0.25, -0.2) is 8.42 Å². The molecule has 0 fully saturated rings. The van der Waals surface area contributed by atoms with Crippen LogP contribution in [0.3, 0.4) is 0 Å². The first-order valence-electron chi connectivity index (χ1n) is 9.59. The monoisotopic (exact) mass is 413 g/mol. The molecule has 0 spiro atoms. The molecule has 0 bridgehead atoms. The predicted molar refractivity (Wildman–Crippen MR) is 114 cm³/mol. The van der Waals surface area contributed by atoms with Crippen molar-refractivity contribution in [1.82, 2.24) is 5.32 Å². The van der Waals surface area contributed by atoms with E-state index >= 15 is 0 Å². The van der Waals surface area contributed by atoms with E-state index in [9.17, 15) is 13.2 Å². The molecule has 0 unspecified atom stereocenters. The zero-order chi connectivity index (χ0) is 19.6. The van der Waals surface area contributed by atoms with Crippen molar-refractivity contribution in [3.05, 3.63) is 64.5 Å². The number of amides is 1. The van der Waals surface area contributed by atoms with Crippen LogP contribution in [0.15, 0.2) is 52.7 Å². The fraction of sp³-hybridized carbons (Fsp3) is 0.318. The molecular weight excluding hydrogens is 390 g/mol. The van der Waals surface area contributed by atoms with Crippen LogP contribution >= 0.6 is 11.3 Å². The zero-order valence-corrected chi connectivity index (χ0v) is 17.2. The maximum atomic E-state index is 12.6. The fourth-order valence-electron chi connectivity index (χ4n) is 3.74. The maximum absolute atomic E-state index is 12.6. The molecule has 0 atom stereocenters. The molecule has 0 aliphatic heterocycles. The molecule has 6 heteroatoms. The minimum atomic E-state index is -3.43. The Labute approximate surface area is 169 Å². The lowest BCUT2D eigenvalue weighted by molar-refractivity contribution is -0.120. The quantitative estimate of drug-likeness (QED) is 0.639. The number of nitrogens with one attached hydrogen (secondary N) is 1. The lowest BCUT2D eigenvalue weighted by atomic mass is 10.1. The van der Waals surface area contributed by atoms with Crippen LogP contribution in [0, 0.1) is 0 Å². The molecule has 146 valence electrons. The molecule has 1 aromatic heterocycles. The Kier molecular flexibility index (Phi) is 5.51. The van der Waals surface area contributed by atoms with Crippen LogP contribution in [0.5, 0.6) is 0 Å². The van der Waals surface area contributed by atoms with E-state index in [1.165, 1.54) is 21.2 Å². The van der Waals surface area contributed by atoms with E-state index in [0.717, 1.165) is 31.2 Å². The standard InChI is InChI=1S/C22H23NO3S2/c24-22(23-12-10-18-15-27-21-7-2-1-6-20(18)21)11-13-28(25,26)19-9-8-16-4-3-5-17(16)14-19/h1-2,6-9,14-15H,3-5,10-13H2,(H,23,24). The third-order valence-electron chi connectivity index (χ3n) is 5.30. The highest BCUT2D eigenvalue weighted by molar-refractivity contribution is 7.91. The summed E-state index contributed by atoms with van der Waals surface area (Å²) in [5.74, 6) is -0.372. The molecule has 0 saturated carbocycles. The van der Waals surface area contributed by atoms with Gasteiger partial charge in [-0.3, -0.25) is 4.79 Å². The maximum Gasteiger partial charge on any atom is 0.221 e. The van der Waals surface area contributed by atoms with E-state index in [1.807, 2.05) is 18.2 Å². The Morgan fingerprint density at radius 2 is 1.89 bits per heavy atom. The minimum absolute atomic E-state index is 0.0101.